The number of hydrogen-bond acceptors (Lipinski definition) is 4. The molecule has 0 radical (unpaired) electrons. The summed E-state index contributed by atoms with van der Waals surface area (Å²) in [5, 5.41) is 8.11. The third-order valence-electron chi connectivity index (χ3n) is 4.11. The minimum absolute atomic E-state index is 0.0479. The molecular formula is C21H21N3O2S. The molecule has 1 heterocycles. The van der Waals surface area contributed by atoms with E-state index < -0.39 is 0 Å². The number of nitrogens with zero attached hydrogens (tertiary/aromatic N) is 1. The molecule has 0 spiro atoms. The van der Waals surface area contributed by atoms with Gasteiger partial charge in [0, 0.05) is 30.0 Å². The summed E-state index contributed by atoms with van der Waals surface area (Å²) in [7, 11) is 0. The standard InChI is InChI=1S/C21H21N3O2S/c1-14(16-6-4-3-5-7-16)12-20(26)24-21-23-19(13-27-21)17-8-10-18(11-9-17)22-15(2)25/h3-11,13-14H,12H2,1-2H3,(H,22,25)(H,23,24,26)/t14-/m0/s1. The molecule has 0 fully saturated rings. The van der Waals surface area contributed by atoms with Crippen molar-refractivity contribution < 1.29 is 9.59 Å². The summed E-state index contributed by atoms with van der Waals surface area (Å²) in [6, 6.07) is 17.4. The van der Waals surface area contributed by atoms with Crippen LogP contribution in [0, 0.1) is 0 Å². The molecule has 1 atom stereocenters. The zero-order valence-corrected chi connectivity index (χ0v) is 16.0. The molecule has 6 heteroatoms. The number of nitrogens with one attached hydrogen (secondary N) is 2. The van der Waals surface area contributed by atoms with Crippen molar-refractivity contribution in [3.63, 3.8) is 0 Å². The number of thiazole rings is 1. The Morgan fingerprint density at radius 1 is 1.04 bits per heavy atom. The van der Waals surface area contributed by atoms with Gasteiger partial charge in [0.15, 0.2) is 5.13 Å². The van der Waals surface area contributed by atoms with E-state index in [4.69, 9.17) is 0 Å². The van der Waals surface area contributed by atoms with Crippen molar-refractivity contribution in [2.45, 2.75) is 26.2 Å². The highest BCUT2D eigenvalue weighted by atomic mass is 32.1. The molecule has 1 aromatic heterocycles. The van der Waals surface area contributed by atoms with Gasteiger partial charge < -0.3 is 10.6 Å². The Balaban J connectivity index is 1.60. The molecule has 3 aromatic rings. The van der Waals surface area contributed by atoms with Gasteiger partial charge in [-0.25, -0.2) is 4.98 Å². The predicted octanol–water partition coefficient (Wildman–Crippen LogP) is 4.90. The van der Waals surface area contributed by atoms with Crippen LogP contribution in [0.3, 0.4) is 0 Å². The summed E-state index contributed by atoms with van der Waals surface area (Å²) in [5.74, 6) is -0.00801. The summed E-state index contributed by atoms with van der Waals surface area (Å²) in [6.07, 6.45) is 0.407. The van der Waals surface area contributed by atoms with Gasteiger partial charge in [-0.05, 0) is 23.6 Å². The van der Waals surface area contributed by atoms with Crippen molar-refractivity contribution in [1.29, 1.82) is 0 Å². The fourth-order valence-corrected chi connectivity index (χ4v) is 3.48. The number of carbonyl (C=O) groups is 2. The Labute approximate surface area is 162 Å². The van der Waals surface area contributed by atoms with Crippen molar-refractivity contribution >= 4 is 34.0 Å². The first-order valence-electron chi connectivity index (χ1n) is 8.69. The number of aromatic nitrogens is 1. The molecule has 5 nitrogen and oxygen atoms in total. The van der Waals surface area contributed by atoms with E-state index in [2.05, 4.69) is 15.6 Å². The molecule has 0 bridgehead atoms. The lowest BCUT2D eigenvalue weighted by atomic mass is 9.98. The smallest absolute Gasteiger partial charge is 0.226 e. The van der Waals surface area contributed by atoms with Crippen LogP contribution < -0.4 is 10.6 Å². The SMILES string of the molecule is CC(=O)Nc1ccc(-c2csc(NC(=O)C[C@H](C)c3ccccc3)n2)cc1. The molecule has 0 saturated heterocycles. The molecule has 2 amide bonds. The van der Waals surface area contributed by atoms with Gasteiger partial charge in [0.1, 0.15) is 0 Å². The van der Waals surface area contributed by atoms with E-state index in [1.807, 2.05) is 66.9 Å². The second kappa shape index (κ2) is 8.60. The number of rotatable bonds is 6. The van der Waals surface area contributed by atoms with Crippen LogP contribution in [-0.4, -0.2) is 16.8 Å². The molecule has 0 saturated carbocycles. The Bertz CT molecular complexity index is 920. The molecule has 0 aliphatic rings. The maximum absolute atomic E-state index is 12.3. The van der Waals surface area contributed by atoms with Crippen LogP contribution in [0.25, 0.3) is 11.3 Å². The highest BCUT2D eigenvalue weighted by Crippen LogP contribution is 2.27. The van der Waals surface area contributed by atoms with Crippen molar-refractivity contribution in [2.75, 3.05) is 10.6 Å². The molecular weight excluding hydrogens is 358 g/mol. The molecule has 0 aliphatic carbocycles. The topological polar surface area (TPSA) is 71.1 Å². The zero-order chi connectivity index (χ0) is 19.2. The molecule has 138 valence electrons. The zero-order valence-electron chi connectivity index (χ0n) is 15.2. The van der Waals surface area contributed by atoms with Crippen LogP contribution in [0.1, 0.15) is 31.7 Å². The number of hydrogen-bond donors (Lipinski definition) is 2. The first-order chi connectivity index (χ1) is 13.0. The van der Waals surface area contributed by atoms with Gasteiger partial charge in [0.05, 0.1) is 5.69 Å². The van der Waals surface area contributed by atoms with Gasteiger partial charge in [0.25, 0.3) is 0 Å². The number of carbonyl (C=O) groups excluding carboxylic acids is 2. The molecule has 3 rings (SSSR count). The van der Waals surface area contributed by atoms with E-state index in [1.165, 1.54) is 18.3 Å². The maximum atomic E-state index is 12.3. The Hall–Kier alpha value is -2.99. The molecule has 0 unspecified atom stereocenters. The van der Waals surface area contributed by atoms with Crippen LogP contribution in [0.5, 0.6) is 0 Å². The Kier molecular flexibility index (Phi) is 5.98. The van der Waals surface area contributed by atoms with Gasteiger partial charge in [-0.1, -0.05) is 49.4 Å². The van der Waals surface area contributed by atoms with Crippen LogP contribution in [0.4, 0.5) is 10.8 Å². The summed E-state index contributed by atoms with van der Waals surface area (Å²) in [4.78, 5) is 27.9. The van der Waals surface area contributed by atoms with Crippen LogP contribution in [0.15, 0.2) is 60.0 Å². The van der Waals surface area contributed by atoms with Crippen LogP contribution >= 0.6 is 11.3 Å². The summed E-state index contributed by atoms with van der Waals surface area (Å²) < 4.78 is 0. The lowest BCUT2D eigenvalue weighted by Gasteiger charge is -2.10. The third kappa shape index (κ3) is 5.24. The quantitative estimate of drug-likeness (QED) is 0.640. The highest BCUT2D eigenvalue weighted by Gasteiger charge is 2.13. The fraction of sp³-hybridized carbons (Fsp3) is 0.190. The number of anilines is 2. The van der Waals surface area contributed by atoms with Crippen molar-refractivity contribution in [2.24, 2.45) is 0 Å². The number of amides is 2. The summed E-state index contributed by atoms with van der Waals surface area (Å²) in [5.41, 5.74) is 3.61. The predicted molar refractivity (Wildman–Crippen MR) is 110 cm³/mol. The van der Waals surface area contributed by atoms with Gasteiger partial charge in [0.2, 0.25) is 11.8 Å². The van der Waals surface area contributed by atoms with Crippen LogP contribution in [0.2, 0.25) is 0 Å². The summed E-state index contributed by atoms with van der Waals surface area (Å²) in [6.45, 7) is 3.51. The minimum Gasteiger partial charge on any atom is -0.326 e. The second-order valence-corrected chi connectivity index (χ2v) is 7.22. The molecule has 2 N–H and O–H groups in total. The summed E-state index contributed by atoms with van der Waals surface area (Å²) >= 11 is 1.40. The van der Waals surface area contributed by atoms with Gasteiger partial charge >= 0.3 is 0 Å². The average molecular weight is 379 g/mol. The lowest BCUT2D eigenvalue weighted by molar-refractivity contribution is -0.116. The maximum Gasteiger partial charge on any atom is 0.226 e. The Morgan fingerprint density at radius 3 is 2.41 bits per heavy atom. The first-order valence-corrected chi connectivity index (χ1v) is 9.57. The molecule has 2 aromatic carbocycles. The monoisotopic (exact) mass is 379 g/mol. The van der Waals surface area contributed by atoms with Gasteiger partial charge in [-0.15, -0.1) is 11.3 Å². The first kappa shape index (κ1) is 18.8. The van der Waals surface area contributed by atoms with Crippen molar-refractivity contribution in [1.82, 2.24) is 4.98 Å². The third-order valence-corrected chi connectivity index (χ3v) is 4.87. The van der Waals surface area contributed by atoms with E-state index in [-0.39, 0.29) is 17.7 Å². The molecule has 27 heavy (non-hydrogen) atoms. The second-order valence-electron chi connectivity index (χ2n) is 6.36. The van der Waals surface area contributed by atoms with E-state index in [1.54, 1.807) is 0 Å². The lowest BCUT2D eigenvalue weighted by Crippen LogP contribution is -2.14. The fourth-order valence-electron chi connectivity index (χ4n) is 2.74. The largest absolute Gasteiger partial charge is 0.326 e. The Morgan fingerprint density at radius 2 is 1.74 bits per heavy atom. The number of benzene rings is 2. The van der Waals surface area contributed by atoms with E-state index in [0.29, 0.717) is 11.6 Å². The average Bonchev–Trinajstić information content (AvgIpc) is 3.11. The van der Waals surface area contributed by atoms with Crippen molar-refractivity contribution in [3.05, 3.63) is 65.5 Å². The minimum atomic E-state index is -0.105. The van der Waals surface area contributed by atoms with E-state index in [0.717, 1.165) is 22.5 Å². The highest BCUT2D eigenvalue weighted by molar-refractivity contribution is 7.14. The molecule has 0 aliphatic heterocycles. The van der Waals surface area contributed by atoms with E-state index in [9.17, 15) is 9.59 Å². The van der Waals surface area contributed by atoms with Crippen LogP contribution in [-0.2, 0) is 9.59 Å². The van der Waals surface area contributed by atoms with Gasteiger partial charge in [-0.2, -0.15) is 0 Å². The van der Waals surface area contributed by atoms with Crippen molar-refractivity contribution in [3.8, 4) is 11.3 Å². The van der Waals surface area contributed by atoms with E-state index >= 15 is 0 Å². The normalized spacial score (nSPS) is 11.6. The van der Waals surface area contributed by atoms with Gasteiger partial charge in [-0.3, -0.25) is 9.59 Å².